The number of nitrogens with zero attached hydrogens (tertiary/aromatic N) is 7. The Hall–Kier alpha value is -5.64. The van der Waals surface area contributed by atoms with E-state index in [-0.39, 0.29) is 58.6 Å². The Morgan fingerprint density at radius 3 is 2.54 bits per heavy atom. The first-order valence-corrected chi connectivity index (χ1v) is 14.5. The van der Waals surface area contributed by atoms with Gasteiger partial charge in [-0.25, -0.2) is 13.8 Å². The van der Waals surface area contributed by atoms with Gasteiger partial charge >= 0.3 is 0 Å². The number of benzene rings is 1. The predicted octanol–water partition coefficient (Wildman–Crippen LogP) is 3.99. The standard InChI is InChI=1S/C33H29F2N7O4/c1-6-24(44)40-15-22-32(45)39(5)30-29(41(22)14-17(40)4)19-12-21(35)27(25-20(34)8-7-9-23(25)43)38-31(19)42(33(30)46)28-18(13-36)10-11-37-26(28)16(2)3/h6-12,16-17,22,43H,1,14-15H2,2-5H3/t17-,22-/m1/s1. The molecule has 2 amide bonds. The minimum atomic E-state index is -0.999. The molecule has 1 N–H and O–H groups in total. The molecule has 2 atom stereocenters. The number of halogens is 2. The number of piperazine rings is 1. The first-order valence-electron chi connectivity index (χ1n) is 14.5. The van der Waals surface area contributed by atoms with Crippen molar-refractivity contribution in [1.29, 1.82) is 5.26 Å². The molecule has 2 aliphatic heterocycles. The Kier molecular flexibility index (Phi) is 7.31. The highest BCUT2D eigenvalue weighted by atomic mass is 19.1. The fourth-order valence-corrected chi connectivity index (χ4v) is 6.39. The highest BCUT2D eigenvalue weighted by Crippen LogP contribution is 2.43. The molecule has 234 valence electrons. The van der Waals surface area contributed by atoms with Gasteiger partial charge in [-0.3, -0.25) is 23.9 Å². The molecule has 0 bridgehead atoms. The molecule has 11 nitrogen and oxygen atoms in total. The van der Waals surface area contributed by atoms with Crippen LogP contribution in [-0.2, 0) is 9.59 Å². The number of phenolic OH excluding ortho intramolecular Hbond substituents is 1. The highest BCUT2D eigenvalue weighted by molar-refractivity contribution is 6.12. The number of carbonyl (C=O) groups is 2. The second kappa shape index (κ2) is 11.1. The normalized spacial score (nSPS) is 17.6. The minimum absolute atomic E-state index is 0.0189. The van der Waals surface area contributed by atoms with Crippen LogP contribution in [-0.4, -0.2) is 68.6 Å². The molecule has 1 fully saturated rings. The van der Waals surface area contributed by atoms with Crippen molar-refractivity contribution in [3.63, 3.8) is 0 Å². The molecule has 4 aromatic rings. The number of hydrogen-bond acceptors (Lipinski definition) is 8. The molecule has 5 heterocycles. The maximum atomic E-state index is 16.2. The molecule has 6 rings (SSSR count). The summed E-state index contributed by atoms with van der Waals surface area (Å²) < 4.78 is 32.4. The zero-order valence-corrected chi connectivity index (χ0v) is 25.5. The number of anilines is 2. The summed E-state index contributed by atoms with van der Waals surface area (Å²) in [5, 5.41) is 20.8. The number of carbonyl (C=O) groups excluding carboxylic acids is 2. The van der Waals surface area contributed by atoms with Crippen LogP contribution >= 0.6 is 0 Å². The summed E-state index contributed by atoms with van der Waals surface area (Å²) in [5.74, 6) is -3.64. The summed E-state index contributed by atoms with van der Waals surface area (Å²) >= 11 is 0. The molecule has 2 aliphatic rings. The summed E-state index contributed by atoms with van der Waals surface area (Å²) in [4.78, 5) is 54.5. The predicted molar refractivity (Wildman–Crippen MR) is 167 cm³/mol. The fraction of sp³-hybridized carbons (Fsp3) is 0.273. The SMILES string of the molecule is C=CC(=O)N1C[C@@H]2C(=O)N(C)c3c(c4cc(F)c(-c5c(O)cccc5F)nc4n(-c4c(C#N)ccnc4C(C)C)c3=O)N2C[C@H]1C. The van der Waals surface area contributed by atoms with Gasteiger partial charge in [0.25, 0.3) is 11.5 Å². The molecule has 0 spiro atoms. The lowest BCUT2D eigenvalue weighted by Crippen LogP contribution is -2.66. The van der Waals surface area contributed by atoms with E-state index in [0.717, 1.165) is 22.8 Å². The van der Waals surface area contributed by atoms with Crippen LogP contribution in [0.3, 0.4) is 0 Å². The Bertz CT molecular complexity index is 2070. The van der Waals surface area contributed by atoms with E-state index in [1.54, 1.807) is 11.8 Å². The molecule has 1 aromatic carbocycles. The van der Waals surface area contributed by atoms with Gasteiger partial charge < -0.3 is 19.8 Å². The second-order valence-electron chi connectivity index (χ2n) is 11.6. The van der Waals surface area contributed by atoms with Gasteiger partial charge in [0.15, 0.2) is 11.5 Å². The van der Waals surface area contributed by atoms with Crippen molar-refractivity contribution in [1.82, 2.24) is 19.4 Å². The van der Waals surface area contributed by atoms with Crippen molar-refractivity contribution in [2.75, 3.05) is 29.9 Å². The maximum absolute atomic E-state index is 16.2. The van der Waals surface area contributed by atoms with Crippen LogP contribution in [0, 0.1) is 23.0 Å². The molecule has 46 heavy (non-hydrogen) atoms. The van der Waals surface area contributed by atoms with Gasteiger partial charge in [-0.05, 0) is 43.2 Å². The van der Waals surface area contributed by atoms with Crippen LogP contribution in [0.5, 0.6) is 5.75 Å². The third-order valence-corrected chi connectivity index (χ3v) is 8.56. The number of phenols is 1. The number of fused-ring (bicyclic) bond motifs is 5. The van der Waals surface area contributed by atoms with Crippen molar-refractivity contribution in [3.05, 3.63) is 82.4 Å². The largest absolute Gasteiger partial charge is 0.507 e. The third-order valence-electron chi connectivity index (χ3n) is 8.56. The van der Waals surface area contributed by atoms with E-state index in [9.17, 15) is 24.8 Å². The van der Waals surface area contributed by atoms with Gasteiger partial charge in [0, 0.05) is 31.2 Å². The van der Waals surface area contributed by atoms with Crippen LogP contribution < -0.4 is 15.4 Å². The van der Waals surface area contributed by atoms with E-state index in [1.165, 1.54) is 41.2 Å². The summed E-state index contributed by atoms with van der Waals surface area (Å²) in [5.41, 5.74) is -1.34. The molecule has 1 saturated heterocycles. The number of rotatable bonds is 4. The Morgan fingerprint density at radius 2 is 1.89 bits per heavy atom. The van der Waals surface area contributed by atoms with Crippen LogP contribution in [0.15, 0.2) is 54.0 Å². The van der Waals surface area contributed by atoms with Gasteiger partial charge in [0.2, 0.25) is 5.91 Å². The number of hydrogen-bond donors (Lipinski definition) is 1. The Morgan fingerprint density at radius 1 is 1.15 bits per heavy atom. The summed E-state index contributed by atoms with van der Waals surface area (Å²) in [6.45, 7) is 9.07. The first kappa shape index (κ1) is 30.4. The third kappa shape index (κ3) is 4.40. The van der Waals surface area contributed by atoms with E-state index < -0.39 is 52.2 Å². The summed E-state index contributed by atoms with van der Waals surface area (Å²) in [7, 11) is 1.42. The van der Waals surface area contributed by atoms with E-state index in [4.69, 9.17) is 0 Å². The Balaban J connectivity index is 1.78. The zero-order chi connectivity index (χ0) is 33.2. The molecule has 0 unspecified atom stereocenters. The molecule has 0 saturated carbocycles. The molecule has 3 aromatic heterocycles. The molecular weight excluding hydrogens is 596 g/mol. The van der Waals surface area contributed by atoms with Gasteiger partial charge in [-0.15, -0.1) is 0 Å². The van der Waals surface area contributed by atoms with Crippen molar-refractivity contribution in [2.45, 2.75) is 38.8 Å². The van der Waals surface area contributed by atoms with Crippen molar-refractivity contribution in [3.8, 4) is 28.8 Å². The lowest BCUT2D eigenvalue weighted by molar-refractivity contribution is -0.130. The number of nitriles is 1. The van der Waals surface area contributed by atoms with E-state index in [1.807, 2.05) is 13.8 Å². The average molecular weight is 626 g/mol. The first-order chi connectivity index (χ1) is 21.9. The van der Waals surface area contributed by atoms with E-state index in [2.05, 4.69) is 22.6 Å². The van der Waals surface area contributed by atoms with Crippen molar-refractivity contribution < 1.29 is 23.5 Å². The van der Waals surface area contributed by atoms with E-state index >= 15 is 8.78 Å². The van der Waals surface area contributed by atoms with Crippen molar-refractivity contribution >= 4 is 34.2 Å². The van der Waals surface area contributed by atoms with Crippen LogP contribution in [0.25, 0.3) is 28.0 Å². The van der Waals surface area contributed by atoms with Crippen LogP contribution in [0.1, 0.15) is 37.9 Å². The average Bonchev–Trinajstić information content (AvgIpc) is 3.02. The smallest absolute Gasteiger partial charge is 0.283 e. The van der Waals surface area contributed by atoms with Gasteiger partial charge in [0.05, 0.1) is 34.7 Å². The van der Waals surface area contributed by atoms with Crippen molar-refractivity contribution in [2.24, 2.45) is 0 Å². The number of aromatic nitrogens is 3. The lowest BCUT2D eigenvalue weighted by atomic mass is 9.98. The highest BCUT2D eigenvalue weighted by Gasteiger charge is 2.46. The van der Waals surface area contributed by atoms with Gasteiger partial charge in [0.1, 0.15) is 35.1 Å². The quantitative estimate of drug-likeness (QED) is 0.337. The fourth-order valence-electron chi connectivity index (χ4n) is 6.39. The molecular formula is C33H29F2N7O4. The Labute approximate surface area is 262 Å². The summed E-state index contributed by atoms with van der Waals surface area (Å²) in [6.07, 6.45) is 2.60. The van der Waals surface area contributed by atoms with Crippen LogP contribution in [0.2, 0.25) is 0 Å². The lowest BCUT2D eigenvalue weighted by Gasteiger charge is -2.49. The monoisotopic (exact) mass is 625 g/mol. The number of likely N-dealkylation sites (N-methyl/N-ethyl adjacent to an activating group) is 1. The second-order valence-corrected chi connectivity index (χ2v) is 11.6. The molecule has 13 heteroatoms. The number of amides is 2. The number of aromatic hydroxyl groups is 1. The van der Waals surface area contributed by atoms with Gasteiger partial charge in [-0.2, -0.15) is 5.26 Å². The summed E-state index contributed by atoms with van der Waals surface area (Å²) in [6, 6.07) is 6.74. The van der Waals surface area contributed by atoms with Crippen LogP contribution in [0.4, 0.5) is 20.2 Å². The molecule has 0 radical (unpaired) electrons. The molecule has 0 aliphatic carbocycles. The van der Waals surface area contributed by atoms with Gasteiger partial charge in [-0.1, -0.05) is 26.5 Å². The maximum Gasteiger partial charge on any atom is 0.283 e. The zero-order valence-electron chi connectivity index (χ0n) is 25.5. The van der Waals surface area contributed by atoms with E-state index in [0.29, 0.717) is 5.69 Å². The minimum Gasteiger partial charge on any atom is -0.507 e. The topological polar surface area (TPSA) is 136 Å². The number of pyridine rings is 3.